The van der Waals surface area contributed by atoms with Crippen molar-refractivity contribution in [3.63, 3.8) is 0 Å². The van der Waals surface area contributed by atoms with Crippen molar-refractivity contribution < 1.29 is 9.47 Å². The summed E-state index contributed by atoms with van der Waals surface area (Å²) in [5, 5.41) is 7.57. The maximum atomic E-state index is 6.30. The number of hydrogen-bond acceptors (Lipinski definition) is 3. The third kappa shape index (κ3) is 5.39. The van der Waals surface area contributed by atoms with Gasteiger partial charge in [0, 0.05) is 41.8 Å². The summed E-state index contributed by atoms with van der Waals surface area (Å²) in [4.78, 5) is 4.91. The molecule has 1 saturated heterocycles. The first kappa shape index (κ1) is 21.6. The summed E-state index contributed by atoms with van der Waals surface area (Å²) in [7, 11) is 1.71. The topological polar surface area (TPSA) is 54.9 Å². The van der Waals surface area contributed by atoms with Crippen LogP contribution in [-0.2, 0) is 10.2 Å². The average Bonchev–Trinajstić information content (AvgIpc) is 3.45. The molecule has 1 heterocycles. The minimum absolute atomic E-state index is 0. The normalized spacial score (nSPS) is 19.4. The summed E-state index contributed by atoms with van der Waals surface area (Å²) >= 11 is 6.30. The first-order chi connectivity index (χ1) is 12.2. The van der Waals surface area contributed by atoms with Crippen molar-refractivity contribution in [2.24, 2.45) is 4.99 Å². The van der Waals surface area contributed by atoms with Gasteiger partial charge in [0.25, 0.3) is 0 Å². The van der Waals surface area contributed by atoms with Crippen molar-refractivity contribution in [3.05, 3.63) is 28.8 Å². The molecule has 7 heteroatoms. The average molecular weight is 494 g/mol. The Morgan fingerprint density at radius 2 is 2.08 bits per heavy atom. The van der Waals surface area contributed by atoms with Crippen molar-refractivity contribution in [2.45, 2.75) is 44.1 Å². The predicted molar refractivity (Wildman–Crippen MR) is 117 cm³/mol. The summed E-state index contributed by atoms with van der Waals surface area (Å²) in [6.07, 6.45) is 4.28. The maximum Gasteiger partial charge on any atom is 0.191 e. The van der Waals surface area contributed by atoms with Gasteiger partial charge in [-0.2, -0.15) is 0 Å². The molecule has 5 nitrogen and oxygen atoms in total. The van der Waals surface area contributed by atoms with E-state index in [1.54, 1.807) is 7.11 Å². The SMILES string of the molecule is CCNC(=NCC1(c2cc(Cl)ccc2OC)CCOCC1)NC1CC1.I. The van der Waals surface area contributed by atoms with E-state index in [0.717, 1.165) is 54.9 Å². The molecule has 2 N–H and O–H groups in total. The lowest BCUT2D eigenvalue weighted by Crippen LogP contribution is -2.42. The highest BCUT2D eigenvalue weighted by Crippen LogP contribution is 2.41. The molecule has 1 aromatic carbocycles. The largest absolute Gasteiger partial charge is 0.496 e. The monoisotopic (exact) mass is 493 g/mol. The third-order valence-corrected chi connectivity index (χ3v) is 5.22. The third-order valence-electron chi connectivity index (χ3n) is 4.99. The van der Waals surface area contributed by atoms with Gasteiger partial charge in [-0.25, -0.2) is 0 Å². The van der Waals surface area contributed by atoms with E-state index in [4.69, 9.17) is 26.1 Å². The first-order valence-electron chi connectivity index (χ1n) is 9.13. The molecular formula is C19H29ClIN3O2. The Labute approximate surface area is 178 Å². The van der Waals surface area contributed by atoms with Crippen molar-refractivity contribution >= 4 is 41.5 Å². The van der Waals surface area contributed by atoms with Gasteiger partial charge in [0.05, 0.1) is 13.7 Å². The van der Waals surface area contributed by atoms with Crippen LogP contribution >= 0.6 is 35.6 Å². The van der Waals surface area contributed by atoms with E-state index in [1.807, 2.05) is 18.2 Å². The number of ether oxygens (including phenoxy) is 2. The first-order valence-corrected chi connectivity index (χ1v) is 9.51. The zero-order chi connectivity index (χ0) is 17.7. The molecule has 0 unspecified atom stereocenters. The van der Waals surface area contributed by atoms with E-state index in [0.29, 0.717) is 12.6 Å². The predicted octanol–water partition coefficient (Wildman–Crippen LogP) is 3.73. The lowest BCUT2D eigenvalue weighted by Gasteiger charge is -2.37. The molecular weight excluding hydrogens is 465 g/mol. The number of benzene rings is 1. The van der Waals surface area contributed by atoms with Crippen molar-refractivity contribution in [1.29, 1.82) is 0 Å². The van der Waals surface area contributed by atoms with Crippen LogP contribution in [0.5, 0.6) is 5.75 Å². The number of guanidine groups is 1. The van der Waals surface area contributed by atoms with Crippen LogP contribution in [0.15, 0.2) is 23.2 Å². The highest BCUT2D eigenvalue weighted by molar-refractivity contribution is 14.0. The van der Waals surface area contributed by atoms with Crippen LogP contribution in [0.1, 0.15) is 38.2 Å². The lowest BCUT2D eigenvalue weighted by molar-refractivity contribution is 0.0523. The van der Waals surface area contributed by atoms with Crippen LogP contribution in [0.2, 0.25) is 5.02 Å². The highest BCUT2D eigenvalue weighted by atomic mass is 127. The van der Waals surface area contributed by atoms with Crippen LogP contribution in [0.4, 0.5) is 0 Å². The molecule has 2 fully saturated rings. The molecule has 146 valence electrons. The Kier molecular flexibility index (Phi) is 8.29. The van der Waals surface area contributed by atoms with Crippen molar-refractivity contribution in [1.82, 2.24) is 10.6 Å². The number of aliphatic imine (C=N–C) groups is 1. The van der Waals surface area contributed by atoms with Crippen molar-refractivity contribution in [3.8, 4) is 5.75 Å². The Balaban J connectivity index is 0.00000243. The Bertz CT molecular complexity index is 617. The zero-order valence-electron chi connectivity index (χ0n) is 15.5. The van der Waals surface area contributed by atoms with Gasteiger partial charge in [-0.3, -0.25) is 4.99 Å². The summed E-state index contributed by atoms with van der Waals surface area (Å²) < 4.78 is 11.3. The second kappa shape index (κ2) is 9.99. The van der Waals surface area contributed by atoms with Gasteiger partial charge < -0.3 is 20.1 Å². The molecule has 2 aliphatic rings. The zero-order valence-corrected chi connectivity index (χ0v) is 18.6. The Morgan fingerprint density at radius 1 is 1.35 bits per heavy atom. The summed E-state index contributed by atoms with van der Waals surface area (Å²) in [6, 6.07) is 6.43. The van der Waals surface area contributed by atoms with Gasteiger partial charge in [0.2, 0.25) is 0 Å². The minimum atomic E-state index is -0.111. The van der Waals surface area contributed by atoms with Crippen LogP contribution in [0, 0.1) is 0 Å². The molecule has 1 aromatic rings. The molecule has 1 aliphatic heterocycles. The minimum Gasteiger partial charge on any atom is -0.496 e. The molecule has 0 bridgehead atoms. The van der Waals surface area contributed by atoms with Crippen LogP contribution < -0.4 is 15.4 Å². The summed E-state index contributed by atoms with van der Waals surface area (Å²) in [6.45, 7) is 5.11. The van der Waals surface area contributed by atoms with Gasteiger partial charge >= 0.3 is 0 Å². The molecule has 0 spiro atoms. The second-order valence-corrected chi connectivity index (χ2v) is 7.29. The number of methoxy groups -OCH3 is 1. The van der Waals surface area contributed by atoms with Gasteiger partial charge in [-0.15, -0.1) is 24.0 Å². The quantitative estimate of drug-likeness (QED) is 0.360. The molecule has 0 amide bonds. The molecule has 0 aromatic heterocycles. The van der Waals surface area contributed by atoms with Crippen molar-refractivity contribution in [2.75, 3.05) is 33.4 Å². The molecule has 1 saturated carbocycles. The molecule has 0 atom stereocenters. The van der Waals surface area contributed by atoms with Gasteiger partial charge in [0.1, 0.15) is 5.75 Å². The lowest BCUT2D eigenvalue weighted by atomic mass is 9.73. The smallest absolute Gasteiger partial charge is 0.191 e. The molecule has 26 heavy (non-hydrogen) atoms. The number of nitrogens with one attached hydrogen (secondary N) is 2. The number of nitrogens with zero attached hydrogens (tertiary/aromatic N) is 1. The van der Waals surface area contributed by atoms with Gasteiger partial charge in [-0.1, -0.05) is 11.6 Å². The van der Waals surface area contributed by atoms with Crippen LogP contribution in [0.3, 0.4) is 0 Å². The highest BCUT2D eigenvalue weighted by Gasteiger charge is 2.37. The van der Waals surface area contributed by atoms with E-state index in [9.17, 15) is 0 Å². The van der Waals surface area contributed by atoms with Gasteiger partial charge in [-0.05, 0) is 50.8 Å². The fourth-order valence-corrected chi connectivity index (χ4v) is 3.51. The van der Waals surface area contributed by atoms with Crippen LogP contribution in [-0.4, -0.2) is 45.4 Å². The van der Waals surface area contributed by atoms with E-state index < -0.39 is 0 Å². The summed E-state index contributed by atoms with van der Waals surface area (Å²) in [5.74, 6) is 1.78. The maximum absolute atomic E-state index is 6.30. The van der Waals surface area contributed by atoms with Crippen LogP contribution in [0.25, 0.3) is 0 Å². The number of rotatable bonds is 6. The molecule has 3 rings (SSSR count). The molecule has 1 aliphatic carbocycles. The Morgan fingerprint density at radius 3 is 2.69 bits per heavy atom. The number of hydrogen-bond donors (Lipinski definition) is 2. The second-order valence-electron chi connectivity index (χ2n) is 6.85. The van der Waals surface area contributed by atoms with E-state index in [2.05, 4.69) is 17.6 Å². The standard InChI is InChI=1S/C19H28ClN3O2.HI/c1-3-21-18(23-15-5-6-15)22-13-19(8-10-25-11-9-19)16-12-14(20)4-7-17(16)24-2;/h4,7,12,15H,3,5-6,8-11,13H2,1-2H3,(H2,21,22,23);1H. The van der Waals surface area contributed by atoms with E-state index >= 15 is 0 Å². The number of halogens is 2. The summed E-state index contributed by atoms with van der Waals surface area (Å²) in [5.41, 5.74) is 1.03. The van der Waals surface area contributed by atoms with E-state index in [1.165, 1.54) is 12.8 Å². The Hall–Kier alpha value is -0.730. The van der Waals surface area contributed by atoms with E-state index in [-0.39, 0.29) is 29.4 Å². The van der Waals surface area contributed by atoms with Gasteiger partial charge in [0.15, 0.2) is 5.96 Å². The fraction of sp³-hybridized carbons (Fsp3) is 0.632. The molecule has 0 radical (unpaired) electrons. The fourth-order valence-electron chi connectivity index (χ4n) is 3.34.